The number of epoxide rings is 2. The predicted octanol–water partition coefficient (Wildman–Crippen LogP) is 7.20. The standard InChI is InChI=1S/C29H48O5/c1-2-3-4-5-8-11-14-23-24(32-23)15-12-9-6-7-10-13-16-31-29(30)34-25-18-20-17-21(25)22-19-26-28(33-26)27(20)22/h20-28H,2-19H2,1H3. The minimum atomic E-state index is -0.437. The lowest BCUT2D eigenvalue weighted by atomic mass is 9.79. The molecular formula is C29H48O5. The van der Waals surface area contributed by atoms with Gasteiger partial charge in [0.25, 0.3) is 0 Å². The first-order valence-electron chi connectivity index (χ1n) is 14.9. The summed E-state index contributed by atoms with van der Waals surface area (Å²) < 4.78 is 22.7. The Bertz CT molecular complexity index is 652. The molecule has 0 amide bonds. The minimum absolute atomic E-state index is 0.0945. The van der Waals surface area contributed by atoms with E-state index in [1.165, 1.54) is 89.9 Å². The highest BCUT2D eigenvalue weighted by Crippen LogP contribution is 2.64. The van der Waals surface area contributed by atoms with Crippen LogP contribution in [0.1, 0.15) is 116 Å². The summed E-state index contributed by atoms with van der Waals surface area (Å²) in [4.78, 5) is 12.2. The Kier molecular flexibility index (Phi) is 8.74. The third-order valence-corrected chi connectivity index (χ3v) is 9.56. The monoisotopic (exact) mass is 476 g/mol. The number of hydrogen-bond acceptors (Lipinski definition) is 5. The van der Waals surface area contributed by atoms with Crippen LogP contribution >= 0.6 is 0 Å². The number of carbonyl (C=O) groups is 1. The summed E-state index contributed by atoms with van der Waals surface area (Å²) in [6.07, 6.45) is 23.3. The minimum Gasteiger partial charge on any atom is -0.434 e. The van der Waals surface area contributed by atoms with Crippen LogP contribution in [0.3, 0.4) is 0 Å². The van der Waals surface area contributed by atoms with Gasteiger partial charge in [-0.25, -0.2) is 4.79 Å². The average Bonchev–Trinajstić information content (AvgIpc) is 3.63. The zero-order valence-electron chi connectivity index (χ0n) is 21.5. The third-order valence-electron chi connectivity index (χ3n) is 9.56. The molecule has 0 spiro atoms. The summed E-state index contributed by atoms with van der Waals surface area (Å²) in [6, 6.07) is 0. The second-order valence-electron chi connectivity index (χ2n) is 11.9. The summed E-state index contributed by atoms with van der Waals surface area (Å²) in [5, 5.41) is 0. The number of fused-ring (bicyclic) bond motifs is 7. The van der Waals surface area contributed by atoms with Gasteiger partial charge < -0.3 is 18.9 Å². The first kappa shape index (κ1) is 24.9. The molecule has 34 heavy (non-hydrogen) atoms. The molecule has 9 unspecified atom stereocenters. The van der Waals surface area contributed by atoms with Crippen LogP contribution in [0.25, 0.3) is 0 Å². The topological polar surface area (TPSA) is 60.6 Å². The summed E-state index contributed by atoms with van der Waals surface area (Å²) in [7, 11) is 0. The zero-order valence-corrected chi connectivity index (χ0v) is 21.5. The fraction of sp³-hybridized carbons (Fsp3) is 0.966. The Morgan fingerprint density at radius 1 is 0.765 bits per heavy atom. The lowest BCUT2D eigenvalue weighted by Crippen LogP contribution is -2.34. The molecule has 194 valence electrons. The number of unbranched alkanes of at least 4 members (excludes halogenated alkanes) is 10. The van der Waals surface area contributed by atoms with E-state index in [2.05, 4.69) is 6.92 Å². The van der Waals surface area contributed by atoms with E-state index in [9.17, 15) is 4.79 Å². The number of hydrogen-bond donors (Lipinski definition) is 0. The fourth-order valence-corrected chi connectivity index (χ4v) is 7.68. The Labute approximate surface area is 207 Å². The predicted molar refractivity (Wildman–Crippen MR) is 132 cm³/mol. The van der Waals surface area contributed by atoms with Crippen molar-refractivity contribution in [2.45, 2.75) is 147 Å². The molecule has 5 aliphatic rings. The Balaban J connectivity index is 0.799. The molecule has 5 rings (SSSR count). The molecule has 2 saturated heterocycles. The first-order chi connectivity index (χ1) is 16.7. The quantitative estimate of drug-likeness (QED) is 0.126. The normalized spacial score (nSPS) is 38.6. The van der Waals surface area contributed by atoms with Crippen LogP contribution in [-0.4, -0.2) is 43.3 Å². The van der Waals surface area contributed by atoms with Crippen LogP contribution < -0.4 is 0 Å². The summed E-state index contributed by atoms with van der Waals surface area (Å²) >= 11 is 0. The first-order valence-corrected chi connectivity index (χ1v) is 14.9. The highest BCUT2D eigenvalue weighted by atomic mass is 16.7. The van der Waals surface area contributed by atoms with Crippen LogP contribution in [0.5, 0.6) is 0 Å². The van der Waals surface area contributed by atoms with Gasteiger partial charge in [-0.1, -0.05) is 77.6 Å². The molecular weight excluding hydrogens is 428 g/mol. The Hall–Kier alpha value is -0.810. The average molecular weight is 477 g/mol. The van der Waals surface area contributed by atoms with Crippen LogP contribution in [0.2, 0.25) is 0 Å². The van der Waals surface area contributed by atoms with Gasteiger partial charge in [-0.3, -0.25) is 0 Å². The van der Waals surface area contributed by atoms with Crippen molar-refractivity contribution in [1.29, 1.82) is 0 Å². The summed E-state index contributed by atoms with van der Waals surface area (Å²) in [5.41, 5.74) is 0. The molecule has 0 radical (unpaired) electrons. The molecule has 0 aromatic heterocycles. The molecule has 5 nitrogen and oxygen atoms in total. The van der Waals surface area contributed by atoms with Crippen molar-refractivity contribution in [3.05, 3.63) is 0 Å². The van der Waals surface area contributed by atoms with Gasteiger partial charge in [-0.15, -0.1) is 0 Å². The van der Waals surface area contributed by atoms with Gasteiger partial charge in [-0.05, 0) is 62.2 Å². The van der Waals surface area contributed by atoms with Crippen molar-refractivity contribution < 1.29 is 23.7 Å². The lowest BCUT2D eigenvalue weighted by molar-refractivity contribution is -0.0200. The highest BCUT2D eigenvalue weighted by Gasteiger charge is 2.67. The molecule has 2 heterocycles. The molecule has 3 saturated carbocycles. The van der Waals surface area contributed by atoms with Crippen molar-refractivity contribution >= 4 is 6.16 Å². The van der Waals surface area contributed by atoms with Gasteiger partial charge in [-0.2, -0.15) is 0 Å². The molecule has 5 heteroatoms. The molecule has 9 atom stereocenters. The fourth-order valence-electron chi connectivity index (χ4n) is 7.68. The maximum atomic E-state index is 12.2. The largest absolute Gasteiger partial charge is 0.508 e. The van der Waals surface area contributed by atoms with Gasteiger partial charge in [0.05, 0.1) is 31.0 Å². The van der Waals surface area contributed by atoms with Gasteiger partial charge in [0.15, 0.2) is 0 Å². The third kappa shape index (κ3) is 6.30. The smallest absolute Gasteiger partial charge is 0.434 e. The molecule has 2 bridgehead atoms. The zero-order chi connectivity index (χ0) is 23.3. The van der Waals surface area contributed by atoms with Crippen molar-refractivity contribution in [3.8, 4) is 0 Å². The molecule has 0 N–H and O–H groups in total. The summed E-state index contributed by atoms with van der Waals surface area (Å²) in [6.45, 7) is 2.77. The van der Waals surface area contributed by atoms with Crippen molar-refractivity contribution in [2.24, 2.45) is 23.7 Å². The molecule has 2 aliphatic heterocycles. The van der Waals surface area contributed by atoms with E-state index in [-0.39, 0.29) is 6.10 Å². The van der Waals surface area contributed by atoms with Gasteiger partial charge in [0.1, 0.15) is 6.10 Å². The number of ether oxygens (including phenoxy) is 4. The van der Waals surface area contributed by atoms with E-state index < -0.39 is 6.16 Å². The van der Waals surface area contributed by atoms with Gasteiger partial charge in [0, 0.05) is 0 Å². The molecule has 0 aromatic rings. The molecule has 5 fully saturated rings. The second-order valence-corrected chi connectivity index (χ2v) is 11.9. The van der Waals surface area contributed by atoms with Crippen molar-refractivity contribution in [3.63, 3.8) is 0 Å². The van der Waals surface area contributed by atoms with E-state index in [1.807, 2.05) is 0 Å². The number of rotatable bonds is 17. The molecule has 3 aliphatic carbocycles. The number of carbonyl (C=O) groups excluding carboxylic acids is 1. The van der Waals surface area contributed by atoms with Crippen molar-refractivity contribution in [1.82, 2.24) is 0 Å². The summed E-state index contributed by atoms with van der Waals surface area (Å²) in [5.74, 6) is 2.76. The van der Waals surface area contributed by atoms with E-state index in [4.69, 9.17) is 18.9 Å². The van der Waals surface area contributed by atoms with Crippen LogP contribution in [0.4, 0.5) is 4.79 Å². The Morgan fingerprint density at radius 3 is 2.18 bits per heavy atom. The highest BCUT2D eigenvalue weighted by molar-refractivity contribution is 5.60. The maximum absolute atomic E-state index is 12.2. The van der Waals surface area contributed by atoms with Crippen LogP contribution in [-0.2, 0) is 18.9 Å². The van der Waals surface area contributed by atoms with Gasteiger partial charge in [0.2, 0.25) is 0 Å². The van der Waals surface area contributed by atoms with E-state index >= 15 is 0 Å². The lowest BCUT2D eigenvalue weighted by Gasteiger charge is -2.31. The van der Waals surface area contributed by atoms with E-state index in [1.54, 1.807) is 0 Å². The molecule has 0 aromatic carbocycles. The maximum Gasteiger partial charge on any atom is 0.508 e. The van der Waals surface area contributed by atoms with Crippen molar-refractivity contribution in [2.75, 3.05) is 6.61 Å². The SMILES string of the molecule is CCCCCCCCC1OC1CCCCCCCCOC(=O)OC1CC2CC1C1CC3OC3C21. The van der Waals surface area contributed by atoms with E-state index in [0.29, 0.717) is 42.9 Å². The van der Waals surface area contributed by atoms with E-state index in [0.717, 1.165) is 31.1 Å². The Morgan fingerprint density at radius 2 is 1.44 bits per heavy atom. The van der Waals surface area contributed by atoms with Crippen LogP contribution in [0, 0.1) is 23.7 Å². The van der Waals surface area contributed by atoms with Gasteiger partial charge >= 0.3 is 6.16 Å². The second kappa shape index (κ2) is 12.0. The van der Waals surface area contributed by atoms with Crippen LogP contribution in [0.15, 0.2) is 0 Å².